The number of hydrogen-bond donors (Lipinski definition) is 1. The third-order valence-electron chi connectivity index (χ3n) is 3.02. The van der Waals surface area contributed by atoms with Crippen LogP contribution in [0.3, 0.4) is 0 Å². The Hall–Kier alpha value is -1.53. The molecule has 2 heterocycles. The number of aromatic carboxylic acids is 1. The maximum absolute atomic E-state index is 13.7. The second kappa shape index (κ2) is 4.25. The average Bonchev–Trinajstić information content (AvgIpc) is 2.36. The minimum Gasteiger partial charge on any atom is -0.477 e. The lowest BCUT2D eigenvalue weighted by molar-refractivity contribution is 0.0695. The summed E-state index contributed by atoms with van der Waals surface area (Å²) in [6.07, 6.45) is 1.30. The van der Waals surface area contributed by atoms with Crippen molar-refractivity contribution in [2.75, 3.05) is 5.75 Å². The Bertz CT molecular complexity index is 787. The SMILES string of the molecule is O=C(O)c1cn2c3c(cc(F)c(Cl)c3c1=O)SCC2. The molecule has 2 aromatic rings. The van der Waals surface area contributed by atoms with E-state index in [0.29, 0.717) is 22.7 Å². The van der Waals surface area contributed by atoms with Gasteiger partial charge in [-0.2, -0.15) is 0 Å². The second-order valence-electron chi connectivity index (χ2n) is 4.11. The molecule has 0 atom stereocenters. The Morgan fingerprint density at radius 1 is 1.53 bits per heavy atom. The van der Waals surface area contributed by atoms with Crippen LogP contribution in [0.25, 0.3) is 10.9 Å². The number of thioether (sulfide) groups is 1. The van der Waals surface area contributed by atoms with E-state index < -0.39 is 22.8 Å². The molecule has 1 aliphatic rings. The van der Waals surface area contributed by atoms with Crippen LogP contribution in [-0.2, 0) is 6.54 Å². The zero-order valence-corrected chi connectivity index (χ0v) is 11.0. The van der Waals surface area contributed by atoms with E-state index in [0.717, 1.165) is 0 Å². The summed E-state index contributed by atoms with van der Waals surface area (Å²) in [6.45, 7) is 0.552. The highest BCUT2D eigenvalue weighted by Gasteiger charge is 2.23. The smallest absolute Gasteiger partial charge is 0.341 e. The van der Waals surface area contributed by atoms with Gasteiger partial charge >= 0.3 is 5.97 Å². The number of nitrogens with zero attached hydrogens (tertiary/aromatic N) is 1. The van der Waals surface area contributed by atoms with Gasteiger partial charge in [0.05, 0.1) is 15.9 Å². The number of aromatic nitrogens is 1. The molecule has 0 amide bonds. The van der Waals surface area contributed by atoms with Gasteiger partial charge in [-0.05, 0) is 6.07 Å². The predicted octanol–water partition coefficient (Wildman–Crippen LogP) is 2.60. The van der Waals surface area contributed by atoms with E-state index in [1.165, 1.54) is 24.0 Å². The van der Waals surface area contributed by atoms with Crippen molar-refractivity contribution in [2.24, 2.45) is 0 Å². The largest absolute Gasteiger partial charge is 0.477 e. The van der Waals surface area contributed by atoms with Crippen molar-refractivity contribution in [3.63, 3.8) is 0 Å². The molecule has 0 saturated carbocycles. The Morgan fingerprint density at radius 2 is 2.26 bits per heavy atom. The fourth-order valence-corrected chi connectivity index (χ4v) is 3.47. The molecule has 0 radical (unpaired) electrons. The standard InChI is InChI=1S/C12H7ClFNO3S/c13-9-6(14)3-7-10-8(9)11(16)5(12(17)18)4-15(10)1-2-19-7/h3-4H,1-2H2,(H,17,18). The number of aryl methyl sites for hydroxylation is 1. The van der Waals surface area contributed by atoms with Crippen molar-refractivity contribution in [3.05, 3.63) is 38.9 Å². The Balaban J connectivity index is 2.59. The molecule has 1 N–H and O–H groups in total. The maximum atomic E-state index is 13.7. The van der Waals surface area contributed by atoms with Crippen molar-refractivity contribution in [2.45, 2.75) is 11.4 Å². The number of rotatable bonds is 1. The summed E-state index contributed by atoms with van der Waals surface area (Å²) in [5, 5.41) is 8.67. The monoisotopic (exact) mass is 299 g/mol. The van der Waals surface area contributed by atoms with Crippen molar-refractivity contribution < 1.29 is 14.3 Å². The lowest BCUT2D eigenvalue weighted by Crippen LogP contribution is -2.22. The molecule has 19 heavy (non-hydrogen) atoms. The normalized spacial score (nSPS) is 13.8. The van der Waals surface area contributed by atoms with Gasteiger partial charge in [-0.25, -0.2) is 9.18 Å². The van der Waals surface area contributed by atoms with Crippen molar-refractivity contribution in [1.29, 1.82) is 0 Å². The molecule has 0 fully saturated rings. The van der Waals surface area contributed by atoms with Crippen LogP contribution in [-0.4, -0.2) is 21.4 Å². The zero-order valence-electron chi connectivity index (χ0n) is 9.44. The summed E-state index contributed by atoms with van der Waals surface area (Å²) in [5.41, 5.74) is -0.623. The third-order valence-corrected chi connectivity index (χ3v) is 4.40. The molecule has 4 nitrogen and oxygen atoms in total. The molecule has 7 heteroatoms. The zero-order chi connectivity index (χ0) is 13.7. The van der Waals surface area contributed by atoms with Gasteiger partial charge in [0.25, 0.3) is 0 Å². The van der Waals surface area contributed by atoms with Crippen LogP contribution in [0, 0.1) is 5.82 Å². The van der Waals surface area contributed by atoms with Crippen LogP contribution in [0.15, 0.2) is 22.0 Å². The van der Waals surface area contributed by atoms with E-state index in [9.17, 15) is 14.0 Å². The molecular weight excluding hydrogens is 293 g/mol. The highest BCUT2D eigenvalue weighted by Crippen LogP contribution is 2.36. The van der Waals surface area contributed by atoms with E-state index in [2.05, 4.69) is 0 Å². The van der Waals surface area contributed by atoms with Crippen LogP contribution in [0.4, 0.5) is 4.39 Å². The lowest BCUT2D eigenvalue weighted by atomic mass is 10.1. The lowest BCUT2D eigenvalue weighted by Gasteiger charge is -2.20. The highest BCUT2D eigenvalue weighted by atomic mass is 35.5. The summed E-state index contributed by atoms with van der Waals surface area (Å²) in [7, 11) is 0. The maximum Gasteiger partial charge on any atom is 0.341 e. The molecule has 0 saturated heterocycles. The summed E-state index contributed by atoms with van der Waals surface area (Å²) in [4.78, 5) is 23.8. The predicted molar refractivity (Wildman–Crippen MR) is 70.9 cm³/mol. The Labute approximate surface area is 115 Å². The topological polar surface area (TPSA) is 59.3 Å². The van der Waals surface area contributed by atoms with Crippen molar-refractivity contribution >= 4 is 40.2 Å². The van der Waals surface area contributed by atoms with E-state index >= 15 is 0 Å². The van der Waals surface area contributed by atoms with Gasteiger partial charge in [0.15, 0.2) is 0 Å². The fraction of sp³-hybridized carbons (Fsp3) is 0.167. The molecule has 0 aliphatic carbocycles. The number of pyridine rings is 1. The quantitative estimate of drug-likeness (QED) is 0.879. The molecule has 1 aliphatic heterocycles. The molecule has 3 rings (SSSR count). The number of carboxylic acid groups (broad SMARTS) is 1. The van der Waals surface area contributed by atoms with Crippen LogP contribution in [0.2, 0.25) is 5.02 Å². The minimum atomic E-state index is -1.34. The molecule has 0 unspecified atom stereocenters. The van der Waals surface area contributed by atoms with Gasteiger partial charge in [-0.15, -0.1) is 11.8 Å². The number of carbonyl (C=O) groups is 1. The average molecular weight is 300 g/mol. The molecule has 1 aromatic heterocycles. The molecular formula is C12H7ClFNO3S. The number of benzene rings is 1. The van der Waals surface area contributed by atoms with Crippen molar-refractivity contribution in [3.8, 4) is 0 Å². The van der Waals surface area contributed by atoms with Gasteiger partial charge in [0.1, 0.15) is 11.4 Å². The van der Waals surface area contributed by atoms with E-state index in [1.54, 1.807) is 4.57 Å². The van der Waals surface area contributed by atoms with Crippen LogP contribution in [0.1, 0.15) is 10.4 Å². The molecule has 0 bridgehead atoms. The first-order valence-corrected chi connectivity index (χ1v) is 6.78. The summed E-state index contributed by atoms with van der Waals surface area (Å²) in [5.74, 6) is -1.36. The van der Waals surface area contributed by atoms with Gasteiger partial charge in [0, 0.05) is 23.4 Å². The summed E-state index contributed by atoms with van der Waals surface area (Å²) in [6, 6.07) is 1.28. The van der Waals surface area contributed by atoms with Crippen LogP contribution < -0.4 is 5.43 Å². The fourth-order valence-electron chi connectivity index (χ4n) is 2.19. The van der Waals surface area contributed by atoms with Gasteiger partial charge in [-0.3, -0.25) is 4.79 Å². The molecule has 98 valence electrons. The van der Waals surface area contributed by atoms with E-state index in [1.807, 2.05) is 0 Å². The minimum absolute atomic E-state index is 0.0521. The summed E-state index contributed by atoms with van der Waals surface area (Å²) >= 11 is 7.26. The first-order valence-electron chi connectivity index (χ1n) is 5.42. The van der Waals surface area contributed by atoms with E-state index in [4.69, 9.17) is 16.7 Å². The van der Waals surface area contributed by atoms with Crippen LogP contribution >= 0.6 is 23.4 Å². The van der Waals surface area contributed by atoms with E-state index in [-0.39, 0.29) is 10.4 Å². The first-order chi connectivity index (χ1) is 9.00. The Kier molecular flexibility index (Phi) is 2.79. The first kappa shape index (κ1) is 12.5. The van der Waals surface area contributed by atoms with Crippen molar-refractivity contribution in [1.82, 2.24) is 4.57 Å². The summed E-state index contributed by atoms with van der Waals surface area (Å²) < 4.78 is 15.4. The Morgan fingerprint density at radius 3 is 2.95 bits per heavy atom. The third kappa shape index (κ3) is 1.74. The number of hydrogen-bond acceptors (Lipinski definition) is 3. The molecule has 0 spiro atoms. The van der Waals surface area contributed by atoms with Gasteiger partial charge < -0.3 is 9.67 Å². The van der Waals surface area contributed by atoms with Crippen LogP contribution in [0.5, 0.6) is 0 Å². The number of carboxylic acids is 1. The van der Waals surface area contributed by atoms with Gasteiger partial charge in [0.2, 0.25) is 5.43 Å². The highest BCUT2D eigenvalue weighted by molar-refractivity contribution is 7.99. The second-order valence-corrected chi connectivity index (χ2v) is 5.63. The van der Waals surface area contributed by atoms with Gasteiger partial charge in [-0.1, -0.05) is 11.6 Å². The molecule has 1 aromatic carbocycles. The number of halogens is 2.